The molecule has 0 aliphatic heterocycles. The third-order valence-electron chi connectivity index (χ3n) is 4.20. The van der Waals surface area contributed by atoms with Crippen molar-refractivity contribution < 1.29 is 19.0 Å². The molecule has 0 saturated carbocycles. The first-order chi connectivity index (χ1) is 13.0. The van der Waals surface area contributed by atoms with Gasteiger partial charge in [0.1, 0.15) is 23.9 Å². The lowest BCUT2D eigenvalue weighted by molar-refractivity contribution is -0.128. The van der Waals surface area contributed by atoms with Gasteiger partial charge in [-0.1, -0.05) is 39.0 Å². The van der Waals surface area contributed by atoms with E-state index in [2.05, 4.69) is 25.2 Å². The summed E-state index contributed by atoms with van der Waals surface area (Å²) in [7, 11) is 1.61. The second-order valence-corrected chi connectivity index (χ2v) is 6.52. The zero-order chi connectivity index (χ0) is 19.6. The van der Waals surface area contributed by atoms with Gasteiger partial charge >= 0.3 is 0 Å². The lowest BCUT2D eigenvalue weighted by Crippen LogP contribution is -2.39. The van der Waals surface area contributed by atoms with Gasteiger partial charge in [-0.3, -0.25) is 4.79 Å². The first kappa shape index (κ1) is 20.6. The molecular formula is C22H29NO4. The number of hydrogen-bond acceptors (Lipinski definition) is 4. The van der Waals surface area contributed by atoms with Crippen LogP contribution in [0, 0.1) is 0 Å². The molecule has 2 aromatic rings. The summed E-state index contributed by atoms with van der Waals surface area (Å²) >= 11 is 0. The monoisotopic (exact) mass is 371 g/mol. The van der Waals surface area contributed by atoms with Crippen molar-refractivity contribution in [2.24, 2.45) is 0 Å². The predicted octanol–water partition coefficient (Wildman–Crippen LogP) is 4.17. The summed E-state index contributed by atoms with van der Waals surface area (Å²) in [5.41, 5.74) is 1.16. The van der Waals surface area contributed by atoms with Crippen LogP contribution in [0.5, 0.6) is 17.2 Å². The van der Waals surface area contributed by atoms with E-state index in [1.54, 1.807) is 31.4 Å². The van der Waals surface area contributed by atoms with E-state index in [9.17, 15) is 4.79 Å². The maximum absolute atomic E-state index is 12.4. The van der Waals surface area contributed by atoms with Gasteiger partial charge in [-0.05, 0) is 48.2 Å². The van der Waals surface area contributed by atoms with Crippen molar-refractivity contribution in [3.05, 3.63) is 54.1 Å². The average Bonchev–Trinajstić information content (AvgIpc) is 2.69. The number of benzene rings is 2. The van der Waals surface area contributed by atoms with Crippen molar-refractivity contribution in [1.29, 1.82) is 0 Å². The minimum Gasteiger partial charge on any atom is -0.497 e. The highest BCUT2D eigenvalue weighted by Crippen LogP contribution is 2.25. The number of ether oxygens (including phenoxy) is 3. The molecule has 0 bridgehead atoms. The molecule has 0 saturated heterocycles. The molecular weight excluding hydrogens is 342 g/mol. The summed E-state index contributed by atoms with van der Waals surface area (Å²) in [6.45, 7) is 7.02. The van der Waals surface area contributed by atoms with E-state index in [4.69, 9.17) is 14.2 Å². The van der Waals surface area contributed by atoms with Crippen LogP contribution in [0.25, 0.3) is 0 Å². The number of carbonyl (C=O) groups is 1. The molecule has 0 aliphatic rings. The highest BCUT2D eigenvalue weighted by atomic mass is 16.5. The van der Waals surface area contributed by atoms with Gasteiger partial charge in [0.2, 0.25) is 0 Å². The van der Waals surface area contributed by atoms with E-state index in [0.717, 1.165) is 17.1 Å². The Kier molecular flexibility index (Phi) is 7.99. The van der Waals surface area contributed by atoms with Crippen molar-refractivity contribution in [3.63, 3.8) is 0 Å². The fraction of sp³-hybridized carbons (Fsp3) is 0.409. The molecule has 5 heteroatoms. The van der Waals surface area contributed by atoms with Crippen molar-refractivity contribution in [1.82, 2.24) is 5.32 Å². The quantitative estimate of drug-likeness (QED) is 0.637. The van der Waals surface area contributed by atoms with Crippen molar-refractivity contribution >= 4 is 5.91 Å². The lowest BCUT2D eigenvalue weighted by atomic mass is 10.0. The molecule has 0 heterocycles. The van der Waals surface area contributed by atoms with Gasteiger partial charge in [0.15, 0.2) is 6.10 Å². The van der Waals surface area contributed by atoms with Crippen molar-refractivity contribution in [2.75, 3.05) is 20.3 Å². The number of methoxy groups -OCH3 is 1. The second kappa shape index (κ2) is 10.5. The molecule has 2 rings (SSSR count). The number of para-hydroxylation sites is 1. The largest absolute Gasteiger partial charge is 0.497 e. The average molecular weight is 371 g/mol. The molecule has 1 atom stereocenters. The highest BCUT2D eigenvalue weighted by molar-refractivity contribution is 5.81. The minimum atomic E-state index is -0.540. The predicted molar refractivity (Wildman–Crippen MR) is 107 cm³/mol. The summed E-state index contributed by atoms with van der Waals surface area (Å²) in [5, 5.41) is 2.88. The van der Waals surface area contributed by atoms with Gasteiger partial charge in [-0.15, -0.1) is 0 Å². The van der Waals surface area contributed by atoms with E-state index < -0.39 is 6.10 Å². The van der Waals surface area contributed by atoms with Crippen LogP contribution in [0.4, 0.5) is 0 Å². The Morgan fingerprint density at radius 3 is 2.33 bits per heavy atom. The molecule has 1 amide bonds. The standard InChI is InChI=1S/C22H29NO4/c1-5-20(27-18-12-10-17(25-4)11-13-18)22(24)23-14-15-26-21-9-7-6-8-19(21)16(2)3/h6-13,16,20H,5,14-15H2,1-4H3,(H,23,24)/t20-/m0/s1. The first-order valence-corrected chi connectivity index (χ1v) is 9.35. The molecule has 146 valence electrons. The SMILES string of the molecule is CC[C@H](Oc1ccc(OC)cc1)C(=O)NCCOc1ccccc1C(C)C. The fourth-order valence-corrected chi connectivity index (χ4v) is 2.68. The smallest absolute Gasteiger partial charge is 0.261 e. The van der Waals surface area contributed by atoms with Crippen molar-refractivity contribution in [2.45, 2.75) is 39.2 Å². The summed E-state index contributed by atoms with van der Waals surface area (Å²) in [5.74, 6) is 2.49. The van der Waals surface area contributed by atoms with Gasteiger partial charge in [0.25, 0.3) is 5.91 Å². The second-order valence-electron chi connectivity index (χ2n) is 6.52. The molecule has 0 radical (unpaired) electrons. The molecule has 0 unspecified atom stereocenters. The van der Waals surface area contributed by atoms with E-state index >= 15 is 0 Å². The van der Waals surface area contributed by atoms with Crippen LogP contribution in [0.1, 0.15) is 38.7 Å². The number of amides is 1. The number of hydrogen-bond donors (Lipinski definition) is 1. The summed E-state index contributed by atoms with van der Waals surface area (Å²) < 4.78 is 16.7. The van der Waals surface area contributed by atoms with E-state index in [-0.39, 0.29) is 5.91 Å². The molecule has 0 aromatic heterocycles. The Hall–Kier alpha value is -2.69. The van der Waals surface area contributed by atoms with Gasteiger partial charge in [0, 0.05) is 0 Å². The van der Waals surface area contributed by atoms with Crippen molar-refractivity contribution in [3.8, 4) is 17.2 Å². The van der Waals surface area contributed by atoms with E-state index in [1.807, 2.05) is 25.1 Å². The normalized spacial score (nSPS) is 11.7. The van der Waals surface area contributed by atoms with E-state index in [1.165, 1.54) is 0 Å². The van der Waals surface area contributed by atoms with E-state index in [0.29, 0.717) is 31.2 Å². The van der Waals surface area contributed by atoms with Crippen LogP contribution in [-0.4, -0.2) is 32.3 Å². The molecule has 0 fully saturated rings. The highest BCUT2D eigenvalue weighted by Gasteiger charge is 2.18. The Labute approximate surface area is 161 Å². The van der Waals surface area contributed by atoms with Gasteiger partial charge in [0.05, 0.1) is 13.7 Å². The van der Waals surface area contributed by atoms with Gasteiger partial charge < -0.3 is 19.5 Å². The van der Waals surface area contributed by atoms with Crippen LogP contribution >= 0.6 is 0 Å². The summed E-state index contributed by atoms with van der Waals surface area (Å²) in [6, 6.07) is 15.2. The molecule has 0 aliphatic carbocycles. The summed E-state index contributed by atoms with van der Waals surface area (Å²) in [6.07, 6.45) is 0.0379. The molecule has 5 nitrogen and oxygen atoms in total. The number of rotatable bonds is 10. The third kappa shape index (κ3) is 6.20. The topological polar surface area (TPSA) is 56.8 Å². The lowest BCUT2D eigenvalue weighted by Gasteiger charge is -2.18. The van der Waals surface area contributed by atoms with Crippen LogP contribution in [0.2, 0.25) is 0 Å². The molecule has 1 N–H and O–H groups in total. The number of nitrogens with one attached hydrogen (secondary N) is 1. The molecule has 27 heavy (non-hydrogen) atoms. The Balaban J connectivity index is 1.81. The Morgan fingerprint density at radius 1 is 1.04 bits per heavy atom. The minimum absolute atomic E-state index is 0.144. The van der Waals surface area contributed by atoms with Crippen LogP contribution < -0.4 is 19.5 Å². The Bertz CT molecular complexity index is 713. The van der Waals surface area contributed by atoms with Crippen LogP contribution in [0.15, 0.2) is 48.5 Å². The summed E-state index contributed by atoms with van der Waals surface area (Å²) in [4.78, 5) is 12.4. The van der Waals surface area contributed by atoms with Crippen LogP contribution in [-0.2, 0) is 4.79 Å². The molecule has 0 spiro atoms. The fourth-order valence-electron chi connectivity index (χ4n) is 2.68. The Morgan fingerprint density at radius 2 is 1.70 bits per heavy atom. The maximum Gasteiger partial charge on any atom is 0.261 e. The maximum atomic E-state index is 12.4. The zero-order valence-corrected chi connectivity index (χ0v) is 16.5. The third-order valence-corrected chi connectivity index (χ3v) is 4.20. The zero-order valence-electron chi connectivity index (χ0n) is 16.5. The number of carbonyl (C=O) groups excluding carboxylic acids is 1. The van der Waals surface area contributed by atoms with Gasteiger partial charge in [-0.2, -0.15) is 0 Å². The van der Waals surface area contributed by atoms with Gasteiger partial charge in [-0.25, -0.2) is 0 Å². The first-order valence-electron chi connectivity index (χ1n) is 9.35. The molecule has 2 aromatic carbocycles. The van der Waals surface area contributed by atoms with Crippen LogP contribution in [0.3, 0.4) is 0 Å².